The van der Waals surface area contributed by atoms with Crippen LogP contribution in [0, 0.1) is 5.92 Å². The number of hydrogen-bond donors (Lipinski definition) is 1. The van der Waals surface area contributed by atoms with E-state index in [1.54, 1.807) is 0 Å². The van der Waals surface area contributed by atoms with Gasteiger partial charge >= 0.3 is 0 Å². The third-order valence-corrected chi connectivity index (χ3v) is 4.96. The zero-order valence-corrected chi connectivity index (χ0v) is 13.5. The van der Waals surface area contributed by atoms with Crippen LogP contribution in [0.3, 0.4) is 0 Å². The number of benzene rings is 1. The van der Waals surface area contributed by atoms with Crippen LogP contribution in [0.1, 0.15) is 51.4 Å². The molecule has 3 rings (SSSR count). The second-order valence-corrected chi connectivity index (χ2v) is 6.89. The third kappa shape index (κ3) is 4.84. The molecule has 0 saturated heterocycles. The lowest BCUT2D eigenvalue weighted by Gasteiger charge is -2.29. The molecule has 120 valence electrons. The van der Waals surface area contributed by atoms with Crippen LogP contribution in [0.5, 0.6) is 0 Å². The number of nitrogens with zero attached hydrogens (tertiary/aromatic N) is 1. The van der Waals surface area contributed by atoms with Crippen molar-refractivity contribution in [3.8, 4) is 0 Å². The number of amides is 1. The van der Waals surface area contributed by atoms with Gasteiger partial charge in [-0.05, 0) is 43.7 Å². The van der Waals surface area contributed by atoms with Gasteiger partial charge in [-0.2, -0.15) is 0 Å². The van der Waals surface area contributed by atoms with E-state index < -0.39 is 0 Å². The van der Waals surface area contributed by atoms with Gasteiger partial charge < -0.3 is 5.32 Å². The molecule has 2 aliphatic carbocycles. The number of nitrogens with one attached hydrogen (secondary N) is 1. The molecule has 22 heavy (non-hydrogen) atoms. The van der Waals surface area contributed by atoms with Gasteiger partial charge in [0.15, 0.2) is 0 Å². The van der Waals surface area contributed by atoms with Gasteiger partial charge in [0.05, 0.1) is 0 Å². The highest BCUT2D eigenvalue weighted by molar-refractivity contribution is 5.90. The van der Waals surface area contributed by atoms with Crippen molar-refractivity contribution < 1.29 is 4.79 Å². The Labute approximate surface area is 134 Å². The average molecular weight is 300 g/mol. The van der Waals surface area contributed by atoms with E-state index in [0.29, 0.717) is 6.42 Å². The zero-order chi connectivity index (χ0) is 15.2. The first-order chi connectivity index (χ1) is 10.8. The van der Waals surface area contributed by atoms with Crippen molar-refractivity contribution >= 4 is 11.6 Å². The maximum Gasteiger partial charge on any atom is 0.225 e. The molecule has 0 bridgehead atoms. The molecule has 0 spiro atoms. The molecule has 1 N–H and O–H groups in total. The maximum atomic E-state index is 12.1. The lowest BCUT2D eigenvalue weighted by atomic mass is 9.89. The standard InChI is InChI=1S/C19H28N2O/c22-19(20-17-9-5-2-6-10-17)13-14-21(18-11-12-18)15-16-7-3-1-4-8-16/h2,5-6,9-10,16,18H,1,3-4,7-8,11-15H2,(H,20,22). The fraction of sp³-hybridized carbons (Fsp3) is 0.632. The summed E-state index contributed by atoms with van der Waals surface area (Å²) in [6.45, 7) is 2.13. The Morgan fingerprint density at radius 1 is 1.05 bits per heavy atom. The minimum absolute atomic E-state index is 0.139. The van der Waals surface area contributed by atoms with Crippen molar-refractivity contribution in [2.75, 3.05) is 18.4 Å². The van der Waals surface area contributed by atoms with Crippen molar-refractivity contribution in [2.45, 2.75) is 57.4 Å². The largest absolute Gasteiger partial charge is 0.326 e. The summed E-state index contributed by atoms with van der Waals surface area (Å²) in [7, 11) is 0. The van der Waals surface area contributed by atoms with E-state index in [4.69, 9.17) is 0 Å². The van der Waals surface area contributed by atoms with Crippen molar-refractivity contribution in [3.63, 3.8) is 0 Å². The Balaban J connectivity index is 1.44. The molecule has 2 saturated carbocycles. The van der Waals surface area contributed by atoms with E-state index in [-0.39, 0.29) is 5.91 Å². The Bertz CT molecular complexity index is 464. The van der Waals surface area contributed by atoms with E-state index in [1.165, 1.54) is 51.5 Å². The second kappa shape index (κ2) is 7.77. The van der Waals surface area contributed by atoms with E-state index in [2.05, 4.69) is 10.2 Å². The molecular formula is C19H28N2O. The maximum absolute atomic E-state index is 12.1. The van der Waals surface area contributed by atoms with E-state index in [1.807, 2.05) is 30.3 Å². The summed E-state index contributed by atoms with van der Waals surface area (Å²) in [6.07, 6.45) is 10.3. The lowest BCUT2D eigenvalue weighted by Crippen LogP contribution is -2.35. The quantitative estimate of drug-likeness (QED) is 0.823. The molecule has 1 aromatic rings. The second-order valence-electron chi connectivity index (χ2n) is 6.89. The van der Waals surface area contributed by atoms with Crippen LogP contribution in [-0.2, 0) is 4.79 Å². The number of anilines is 1. The molecule has 0 heterocycles. The first-order valence-corrected chi connectivity index (χ1v) is 8.90. The molecule has 1 aromatic carbocycles. The van der Waals surface area contributed by atoms with Gasteiger partial charge in [-0.15, -0.1) is 0 Å². The van der Waals surface area contributed by atoms with Crippen molar-refractivity contribution in [2.24, 2.45) is 5.92 Å². The zero-order valence-electron chi connectivity index (χ0n) is 13.5. The van der Waals surface area contributed by atoms with Gasteiger partial charge in [0.25, 0.3) is 0 Å². The highest BCUT2D eigenvalue weighted by Crippen LogP contribution is 2.31. The van der Waals surface area contributed by atoms with Crippen LogP contribution in [0.4, 0.5) is 5.69 Å². The van der Waals surface area contributed by atoms with E-state index in [0.717, 1.165) is 24.2 Å². The number of carbonyl (C=O) groups is 1. The van der Waals surface area contributed by atoms with Gasteiger partial charge in [0, 0.05) is 31.2 Å². The molecule has 3 heteroatoms. The molecule has 2 fully saturated rings. The van der Waals surface area contributed by atoms with Crippen LogP contribution >= 0.6 is 0 Å². The van der Waals surface area contributed by atoms with Crippen LogP contribution in [0.2, 0.25) is 0 Å². The number of carbonyl (C=O) groups excluding carboxylic acids is 1. The molecule has 0 radical (unpaired) electrons. The molecule has 0 unspecified atom stereocenters. The van der Waals surface area contributed by atoms with Crippen LogP contribution < -0.4 is 5.32 Å². The predicted octanol–water partition coefficient (Wildman–Crippen LogP) is 4.06. The SMILES string of the molecule is O=C(CCN(CC1CCCCC1)C1CC1)Nc1ccccc1. The van der Waals surface area contributed by atoms with E-state index in [9.17, 15) is 4.79 Å². The Morgan fingerprint density at radius 3 is 2.45 bits per heavy atom. The highest BCUT2D eigenvalue weighted by atomic mass is 16.1. The molecule has 0 atom stereocenters. The molecule has 2 aliphatic rings. The Hall–Kier alpha value is -1.35. The topological polar surface area (TPSA) is 32.3 Å². The smallest absolute Gasteiger partial charge is 0.225 e. The summed E-state index contributed by atoms with van der Waals surface area (Å²) >= 11 is 0. The predicted molar refractivity (Wildman–Crippen MR) is 90.9 cm³/mol. The molecule has 1 amide bonds. The third-order valence-electron chi connectivity index (χ3n) is 4.96. The van der Waals surface area contributed by atoms with Crippen molar-refractivity contribution in [3.05, 3.63) is 30.3 Å². The summed E-state index contributed by atoms with van der Waals surface area (Å²) in [4.78, 5) is 14.7. The fourth-order valence-electron chi connectivity index (χ4n) is 3.55. The fourth-order valence-corrected chi connectivity index (χ4v) is 3.55. The minimum atomic E-state index is 0.139. The summed E-state index contributed by atoms with van der Waals surface area (Å²) in [6, 6.07) is 10.5. The van der Waals surface area contributed by atoms with Crippen LogP contribution in [0.15, 0.2) is 30.3 Å². The van der Waals surface area contributed by atoms with Crippen molar-refractivity contribution in [1.82, 2.24) is 4.90 Å². The van der Waals surface area contributed by atoms with E-state index >= 15 is 0 Å². The summed E-state index contributed by atoms with van der Waals surface area (Å²) < 4.78 is 0. The minimum Gasteiger partial charge on any atom is -0.326 e. The molecule has 3 nitrogen and oxygen atoms in total. The van der Waals surface area contributed by atoms with Crippen LogP contribution in [0.25, 0.3) is 0 Å². The molecular weight excluding hydrogens is 272 g/mol. The van der Waals surface area contributed by atoms with Gasteiger partial charge in [-0.25, -0.2) is 0 Å². The molecule has 0 aliphatic heterocycles. The van der Waals surface area contributed by atoms with Gasteiger partial charge in [0.1, 0.15) is 0 Å². The van der Waals surface area contributed by atoms with Gasteiger partial charge in [-0.1, -0.05) is 37.5 Å². The normalized spacial score (nSPS) is 19.3. The average Bonchev–Trinajstić information content (AvgIpc) is 3.38. The van der Waals surface area contributed by atoms with Crippen molar-refractivity contribution in [1.29, 1.82) is 0 Å². The first kappa shape index (κ1) is 15.5. The van der Waals surface area contributed by atoms with Gasteiger partial charge in [0.2, 0.25) is 5.91 Å². The highest BCUT2D eigenvalue weighted by Gasteiger charge is 2.30. The monoisotopic (exact) mass is 300 g/mol. The Morgan fingerprint density at radius 2 is 1.77 bits per heavy atom. The van der Waals surface area contributed by atoms with Crippen LogP contribution in [-0.4, -0.2) is 29.9 Å². The Kier molecular flexibility index (Phi) is 5.49. The first-order valence-electron chi connectivity index (χ1n) is 8.90. The van der Waals surface area contributed by atoms with Gasteiger partial charge in [-0.3, -0.25) is 9.69 Å². The molecule has 0 aromatic heterocycles. The number of para-hydroxylation sites is 1. The lowest BCUT2D eigenvalue weighted by molar-refractivity contribution is -0.116. The summed E-state index contributed by atoms with van der Waals surface area (Å²) in [5.41, 5.74) is 0.901. The summed E-state index contributed by atoms with van der Waals surface area (Å²) in [5.74, 6) is 1.01. The number of rotatable bonds is 7. The summed E-state index contributed by atoms with van der Waals surface area (Å²) in [5, 5.41) is 2.99. The number of hydrogen-bond acceptors (Lipinski definition) is 2.